The number of rotatable bonds is 13. The number of carboxylic acid groups (broad SMARTS) is 1. The Kier molecular flexibility index (Phi) is 12.9. The summed E-state index contributed by atoms with van der Waals surface area (Å²) in [5.74, 6) is -3.22. The first-order valence-corrected chi connectivity index (χ1v) is 10.5. The minimum atomic E-state index is -1.20. The molecule has 0 saturated carbocycles. The molecule has 32 heavy (non-hydrogen) atoms. The van der Waals surface area contributed by atoms with E-state index in [1.165, 1.54) is 0 Å². The average molecular weight is 460 g/mol. The predicted octanol–water partition coefficient (Wildman–Crippen LogP) is -0.533. The normalized spacial score (nSPS) is 13.0. The molecule has 0 unspecified atom stereocenters. The van der Waals surface area contributed by atoms with Crippen LogP contribution in [-0.4, -0.2) is 72.2 Å². The van der Waals surface area contributed by atoms with Gasteiger partial charge in [-0.1, -0.05) is 13.8 Å². The van der Waals surface area contributed by atoms with E-state index in [4.69, 9.17) is 15.6 Å². The molecule has 0 rings (SSSR count). The third-order valence-electron chi connectivity index (χ3n) is 4.05. The van der Waals surface area contributed by atoms with Crippen molar-refractivity contribution in [3.8, 4) is 0 Å². The molecule has 0 aliphatic heterocycles. The number of hydrogen-bond donors (Lipinski definition) is 6. The van der Waals surface area contributed by atoms with Gasteiger partial charge < -0.3 is 36.8 Å². The Morgan fingerprint density at radius 2 is 1.56 bits per heavy atom. The van der Waals surface area contributed by atoms with E-state index in [0.717, 1.165) is 0 Å². The van der Waals surface area contributed by atoms with Gasteiger partial charge in [-0.2, -0.15) is 0 Å². The van der Waals surface area contributed by atoms with Crippen LogP contribution in [0.3, 0.4) is 0 Å². The minimum absolute atomic E-state index is 0.272. The summed E-state index contributed by atoms with van der Waals surface area (Å²) in [6.45, 7) is 8.16. The van der Waals surface area contributed by atoms with Gasteiger partial charge in [-0.3, -0.25) is 19.2 Å². The van der Waals surface area contributed by atoms with Gasteiger partial charge in [0.1, 0.15) is 18.2 Å². The van der Waals surface area contributed by atoms with Crippen LogP contribution >= 0.6 is 0 Å². The predicted molar refractivity (Wildman–Crippen MR) is 116 cm³/mol. The lowest BCUT2D eigenvalue weighted by Crippen LogP contribution is -2.54. The fourth-order valence-electron chi connectivity index (χ4n) is 2.43. The zero-order valence-corrected chi connectivity index (χ0v) is 19.4. The first-order chi connectivity index (χ1) is 14.7. The van der Waals surface area contributed by atoms with Crippen molar-refractivity contribution in [2.75, 3.05) is 19.6 Å². The Labute approximate surface area is 188 Å². The Bertz CT molecular complexity index is 661. The van der Waals surface area contributed by atoms with Gasteiger partial charge in [-0.25, -0.2) is 4.79 Å². The highest BCUT2D eigenvalue weighted by Crippen LogP contribution is 2.07. The molecule has 0 aliphatic rings. The van der Waals surface area contributed by atoms with Crippen molar-refractivity contribution >= 4 is 29.8 Å². The summed E-state index contributed by atoms with van der Waals surface area (Å²) in [5.41, 5.74) is 5.33. The molecule has 0 heterocycles. The van der Waals surface area contributed by atoms with Gasteiger partial charge >= 0.3 is 12.1 Å². The zero-order valence-electron chi connectivity index (χ0n) is 19.4. The van der Waals surface area contributed by atoms with Crippen LogP contribution in [0.1, 0.15) is 53.9 Å². The van der Waals surface area contributed by atoms with E-state index < -0.39 is 60.6 Å². The molecule has 0 radical (unpaired) electrons. The van der Waals surface area contributed by atoms with Crippen molar-refractivity contribution in [2.24, 2.45) is 11.7 Å². The van der Waals surface area contributed by atoms with E-state index in [1.54, 1.807) is 34.6 Å². The molecular formula is C20H37N5O7. The first-order valence-electron chi connectivity index (χ1n) is 10.5. The summed E-state index contributed by atoms with van der Waals surface area (Å²) in [6.07, 6.45) is 1.01. The molecule has 0 aliphatic carbocycles. The van der Waals surface area contributed by atoms with E-state index in [0.29, 0.717) is 25.8 Å². The maximum absolute atomic E-state index is 12.4. The quantitative estimate of drug-likeness (QED) is 0.198. The molecule has 12 nitrogen and oxygen atoms in total. The number of aliphatic carboxylic acids is 1. The van der Waals surface area contributed by atoms with Gasteiger partial charge in [0.05, 0.1) is 12.6 Å². The van der Waals surface area contributed by atoms with Crippen LogP contribution in [0.25, 0.3) is 0 Å². The van der Waals surface area contributed by atoms with Gasteiger partial charge in [0.15, 0.2) is 0 Å². The topological polar surface area (TPSA) is 189 Å². The number of hydrogen-bond acceptors (Lipinski definition) is 7. The van der Waals surface area contributed by atoms with Crippen molar-refractivity contribution in [1.29, 1.82) is 0 Å². The van der Waals surface area contributed by atoms with Crippen LogP contribution in [0, 0.1) is 5.92 Å². The molecule has 0 fully saturated rings. The number of carboxylic acids is 1. The van der Waals surface area contributed by atoms with Crippen molar-refractivity contribution in [3.05, 3.63) is 0 Å². The molecule has 2 atom stereocenters. The summed E-state index contributed by atoms with van der Waals surface area (Å²) < 4.78 is 5.12. The number of unbranched alkanes of at least 4 members (excludes halogenated alkanes) is 1. The molecule has 0 aromatic rings. The summed E-state index contributed by atoms with van der Waals surface area (Å²) in [6, 6.07) is -1.75. The summed E-state index contributed by atoms with van der Waals surface area (Å²) in [5, 5.41) is 18.2. The van der Waals surface area contributed by atoms with E-state index >= 15 is 0 Å². The van der Waals surface area contributed by atoms with Crippen molar-refractivity contribution in [3.63, 3.8) is 0 Å². The SMILES string of the molecule is CC(C)[C@H](NC(=O)[C@@H](N)CCCCNC(=O)OC(C)(C)C)C(=O)NCC(=O)NCC(=O)O. The fraction of sp³-hybridized carbons (Fsp3) is 0.750. The summed E-state index contributed by atoms with van der Waals surface area (Å²) in [7, 11) is 0. The van der Waals surface area contributed by atoms with E-state index in [1.807, 2.05) is 0 Å². The highest BCUT2D eigenvalue weighted by molar-refractivity contribution is 5.92. The number of ether oxygens (including phenoxy) is 1. The highest BCUT2D eigenvalue weighted by Gasteiger charge is 2.26. The second-order valence-corrected chi connectivity index (χ2v) is 8.65. The van der Waals surface area contributed by atoms with Crippen LogP contribution in [0.5, 0.6) is 0 Å². The first kappa shape index (κ1) is 29.1. The smallest absolute Gasteiger partial charge is 0.407 e. The summed E-state index contributed by atoms with van der Waals surface area (Å²) >= 11 is 0. The molecule has 0 saturated heterocycles. The number of amides is 4. The Balaban J connectivity index is 4.36. The third kappa shape index (κ3) is 14.2. The minimum Gasteiger partial charge on any atom is -0.480 e. The second-order valence-electron chi connectivity index (χ2n) is 8.65. The molecule has 0 aromatic heterocycles. The van der Waals surface area contributed by atoms with Gasteiger partial charge in [0.2, 0.25) is 17.7 Å². The van der Waals surface area contributed by atoms with Crippen LogP contribution < -0.4 is 27.0 Å². The lowest BCUT2D eigenvalue weighted by Gasteiger charge is -2.23. The van der Waals surface area contributed by atoms with Crippen molar-refractivity contribution in [1.82, 2.24) is 21.3 Å². The maximum atomic E-state index is 12.4. The maximum Gasteiger partial charge on any atom is 0.407 e. The monoisotopic (exact) mass is 459 g/mol. The highest BCUT2D eigenvalue weighted by atomic mass is 16.6. The Morgan fingerprint density at radius 3 is 2.09 bits per heavy atom. The fourth-order valence-corrected chi connectivity index (χ4v) is 2.43. The molecule has 12 heteroatoms. The van der Waals surface area contributed by atoms with Gasteiger partial charge in [-0.15, -0.1) is 0 Å². The second kappa shape index (κ2) is 14.2. The van der Waals surface area contributed by atoms with Crippen LogP contribution in [0.2, 0.25) is 0 Å². The van der Waals surface area contributed by atoms with Crippen molar-refractivity contribution in [2.45, 2.75) is 71.6 Å². The van der Waals surface area contributed by atoms with Crippen LogP contribution in [0.4, 0.5) is 4.79 Å². The third-order valence-corrected chi connectivity index (χ3v) is 4.05. The van der Waals surface area contributed by atoms with Gasteiger partial charge in [0, 0.05) is 6.54 Å². The average Bonchev–Trinajstić information content (AvgIpc) is 2.66. The van der Waals surface area contributed by atoms with Gasteiger partial charge in [0.25, 0.3) is 0 Å². The van der Waals surface area contributed by atoms with Crippen molar-refractivity contribution < 1.29 is 33.8 Å². The van der Waals surface area contributed by atoms with Crippen LogP contribution in [0.15, 0.2) is 0 Å². The van der Waals surface area contributed by atoms with E-state index in [2.05, 4.69) is 21.3 Å². The number of nitrogens with one attached hydrogen (secondary N) is 4. The number of carbonyl (C=O) groups excluding carboxylic acids is 4. The lowest BCUT2D eigenvalue weighted by atomic mass is 10.0. The number of carbonyl (C=O) groups is 5. The lowest BCUT2D eigenvalue weighted by molar-refractivity contribution is -0.138. The zero-order chi connectivity index (χ0) is 24.9. The number of alkyl carbamates (subject to hydrolysis) is 1. The Hall–Kier alpha value is -2.89. The standard InChI is InChI=1S/C20H37N5O7/c1-12(2)16(18(30)24-10-14(26)23-11-15(27)28)25-17(29)13(21)8-6-7-9-22-19(31)32-20(3,4)5/h12-13,16H,6-11,21H2,1-5H3,(H,22,31)(H,23,26)(H,24,30)(H,25,29)(H,27,28)/t13-,16-/m0/s1. The molecule has 184 valence electrons. The molecule has 0 aromatic carbocycles. The molecule has 7 N–H and O–H groups in total. The van der Waals surface area contributed by atoms with Crippen LogP contribution in [-0.2, 0) is 23.9 Å². The van der Waals surface area contributed by atoms with E-state index in [9.17, 15) is 24.0 Å². The van der Waals surface area contributed by atoms with E-state index in [-0.39, 0.29) is 5.92 Å². The number of nitrogens with two attached hydrogens (primary N) is 1. The molecule has 0 spiro atoms. The Morgan fingerprint density at radius 1 is 0.938 bits per heavy atom. The molecule has 0 bridgehead atoms. The van der Waals surface area contributed by atoms with Gasteiger partial charge in [-0.05, 0) is 46.0 Å². The largest absolute Gasteiger partial charge is 0.480 e. The molecule has 4 amide bonds. The summed E-state index contributed by atoms with van der Waals surface area (Å²) in [4.78, 5) is 58.2. The molecular weight excluding hydrogens is 422 g/mol.